The van der Waals surface area contributed by atoms with E-state index in [0.717, 1.165) is 11.3 Å². The van der Waals surface area contributed by atoms with Gasteiger partial charge in [-0.15, -0.1) is 0 Å². The second-order valence-corrected chi connectivity index (χ2v) is 6.25. The van der Waals surface area contributed by atoms with Gasteiger partial charge < -0.3 is 4.42 Å². The van der Waals surface area contributed by atoms with Crippen LogP contribution in [-0.2, 0) is 16.4 Å². The molecule has 19 heavy (non-hydrogen) atoms. The first-order chi connectivity index (χ1) is 8.99. The highest BCUT2D eigenvalue weighted by Gasteiger charge is 2.19. The highest BCUT2D eigenvalue weighted by atomic mass is 32.2. The molecule has 2 aromatic rings. The van der Waals surface area contributed by atoms with Crippen LogP contribution in [0.1, 0.15) is 18.2 Å². The summed E-state index contributed by atoms with van der Waals surface area (Å²) in [5.74, 6) is 0.764. The summed E-state index contributed by atoms with van der Waals surface area (Å²) in [7, 11) is -3.49. The summed E-state index contributed by atoms with van der Waals surface area (Å²) < 4.78 is 32.4. The van der Waals surface area contributed by atoms with E-state index in [2.05, 4.69) is 4.72 Å². The molecule has 102 valence electrons. The molecule has 1 aromatic carbocycles. The largest absolute Gasteiger partial charge is 0.469 e. The molecule has 0 spiro atoms. The number of aryl methyl sites for hydroxylation is 1. The van der Waals surface area contributed by atoms with E-state index in [1.165, 1.54) is 0 Å². The van der Waals surface area contributed by atoms with Crippen molar-refractivity contribution >= 4 is 10.0 Å². The summed E-state index contributed by atoms with van der Waals surface area (Å²) in [4.78, 5) is 0.321. The van der Waals surface area contributed by atoms with Crippen molar-refractivity contribution in [2.24, 2.45) is 0 Å². The topological polar surface area (TPSA) is 59.3 Å². The van der Waals surface area contributed by atoms with Gasteiger partial charge in [0.1, 0.15) is 5.76 Å². The van der Waals surface area contributed by atoms with E-state index in [1.54, 1.807) is 37.5 Å². The molecule has 0 saturated carbocycles. The van der Waals surface area contributed by atoms with E-state index in [9.17, 15) is 8.42 Å². The zero-order valence-electron chi connectivity index (χ0n) is 11.0. The number of hydrogen-bond donors (Lipinski definition) is 1. The van der Waals surface area contributed by atoms with Crippen LogP contribution in [0.4, 0.5) is 0 Å². The predicted octanol–water partition coefficient (Wildman–Crippen LogP) is 2.50. The highest BCUT2D eigenvalue weighted by molar-refractivity contribution is 7.89. The van der Waals surface area contributed by atoms with Crippen molar-refractivity contribution < 1.29 is 12.8 Å². The number of furan rings is 1. The molecule has 0 radical (unpaired) electrons. The Kier molecular flexibility index (Phi) is 4.07. The van der Waals surface area contributed by atoms with Crippen molar-refractivity contribution in [2.75, 3.05) is 0 Å². The van der Waals surface area contributed by atoms with Crippen LogP contribution < -0.4 is 4.72 Å². The fraction of sp³-hybridized carbons (Fsp3) is 0.286. The molecule has 0 aliphatic rings. The third kappa shape index (κ3) is 3.45. The SMILES string of the molecule is Cc1ccccc1S(=O)(=O)NC(C)Cc1ccco1. The summed E-state index contributed by atoms with van der Waals surface area (Å²) in [6.07, 6.45) is 2.11. The lowest BCUT2D eigenvalue weighted by molar-refractivity contribution is 0.479. The minimum Gasteiger partial charge on any atom is -0.469 e. The molecule has 0 amide bonds. The summed E-state index contributed by atoms with van der Waals surface area (Å²) in [6, 6.07) is 10.3. The Bertz CT molecular complexity index is 632. The van der Waals surface area contributed by atoms with Gasteiger partial charge in [-0.3, -0.25) is 0 Å². The predicted molar refractivity (Wildman–Crippen MR) is 73.4 cm³/mol. The van der Waals surface area contributed by atoms with E-state index in [4.69, 9.17) is 4.42 Å². The molecule has 1 N–H and O–H groups in total. The fourth-order valence-corrected chi connectivity index (χ4v) is 3.45. The van der Waals surface area contributed by atoms with Crippen molar-refractivity contribution in [1.82, 2.24) is 4.72 Å². The molecule has 0 aliphatic heterocycles. The van der Waals surface area contributed by atoms with Crippen molar-refractivity contribution in [2.45, 2.75) is 31.2 Å². The van der Waals surface area contributed by atoms with E-state index >= 15 is 0 Å². The Hall–Kier alpha value is -1.59. The Balaban J connectivity index is 2.11. The summed E-state index contributed by atoms with van der Waals surface area (Å²) in [5, 5.41) is 0. The van der Waals surface area contributed by atoms with Crippen LogP contribution >= 0.6 is 0 Å². The van der Waals surface area contributed by atoms with E-state index < -0.39 is 10.0 Å². The van der Waals surface area contributed by atoms with Gasteiger partial charge in [0.15, 0.2) is 0 Å². The van der Waals surface area contributed by atoms with Crippen molar-refractivity contribution in [3.05, 3.63) is 54.0 Å². The first-order valence-electron chi connectivity index (χ1n) is 6.09. The summed E-state index contributed by atoms with van der Waals surface area (Å²) in [6.45, 7) is 3.60. The van der Waals surface area contributed by atoms with Gasteiger partial charge in [-0.2, -0.15) is 0 Å². The molecule has 4 nitrogen and oxygen atoms in total. The maximum absolute atomic E-state index is 12.3. The number of benzene rings is 1. The van der Waals surface area contributed by atoms with Crippen LogP contribution in [0.3, 0.4) is 0 Å². The smallest absolute Gasteiger partial charge is 0.241 e. The van der Waals surface area contributed by atoms with Crippen molar-refractivity contribution in [3.8, 4) is 0 Å². The van der Waals surface area contributed by atoms with Gasteiger partial charge in [-0.1, -0.05) is 18.2 Å². The number of hydrogen-bond acceptors (Lipinski definition) is 3. The van der Waals surface area contributed by atoms with Crippen molar-refractivity contribution in [3.63, 3.8) is 0 Å². The Morgan fingerprint density at radius 1 is 1.21 bits per heavy atom. The lowest BCUT2D eigenvalue weighted by Crippen LogP contribution is -2.34. The molecule has 1 aromatic heterocycles. The molecule has 2 rings (SSSR count). The van der Waals surface area contributed by atoms with Gasteiger partial charge in [0, 0.05) is 12.5 Å². The van der Waals surface area contributed by atoms with Crippen LogP contribution in [0.5, 0.6) is 0 Å². The van der Waals surface area contributed by atoms with Gasteiger partial charge in [0.2, 0.25) is 10.0 Å². The molecule has 1 heterocycles. The van der Waals surface area contributed by atoms with Gasteiger partial charge in [0.25, 0.3) is 0 Å². The monoisotopic (exact) mass is 279 g/mol. The Labute approximate surface area is 113 Å². The number of rotatable bonds is 5. The van der Waals surface area contributed by atoms with Crippen LogP contribution in [0.15, 0.2) is 52.0 Å². The van der Waals surface area contributed by atoms with Gasteiger partial charge in [-0.25, -0.2) is 13.1 Å². The fourth-order valence-electron chi connectivity index (χ4n) is 1.96. The van der Waals surface area contributed by atoms with Crippen LogP contribution in [0.2, 0.25) is 0 Å². The van der Waals surface area contributed by atoms with Crippen LogP contribution in [0, 0.1) is 6.92 Å². The molecular formula is C14H17NO3S. The Morgan fingerprint density at radius 2 is 1.95 bits per heavy atom. The van der Waals surface area contributed by atoms with Gasteiger partial charge in [0.05, 0.1) is 11.2 Å². The van der Waals surface area contributed by atoms with E-state index in [0.29, 0.717) is 11.3 Å². The molecule has 0 fully saturated rings. The molecule has 0 saturated heterocycles. The van der Waals surface area contributed by atoms with Crippen LogP contribution in [-0.4, -0.2) is 14.5 Å². The molecule has 0 bridgehead atoms. The second-order valence-electron chi connectivity index (χ2n) is 4.57. The lowest BCUT2D eigenvalue weighted by atomic mass is 10.2. The van der Waals surface area contributed by atoms with Gasteiger partial charge >= 0.3 is 0 Å². The Morgan fingerprint density at radius 3 is 2.58 bits per heavy atom. The zero-order chi connectivity index (χ0) is 13.9. The van der Waals surface area contributed by atoms with E-state index in [-0.39, 0.29) is 6.04 Å². The first kappa shape index (κ1) is 13.8. The zero-order valence-corrected chi connectivity index (χ0v) is 11.8. The lowest BCUT2D eigenvalue weighted by Gasteiger charge is -2.14. The van der Waals surface area contributed by atoms with Crippen molar-refractivity contribution in [1.29, 1.82) is 0 Å². The standard InChI is InChI=1S/C14H17NO3S/c1-11-6-3-4-8-14(11)19(16,17)15-12(2)10-13-7-5-9-18-13/h3-9,12,15H,10H2,1-2H3. The number of sulfonamides is 1. The summed E-state index contributed by atoms with van der Waals surface area (Å²) >= 11 is 0. The summed E-state index contributed by atoms with van der Waals surface area (Å²) in [5.41, 5.74) is 0.736. The molecule has 0 aliphatic carbocycles. The highest BCUT2D eigenvalue weighted by Crippen LogP contribution is 2.15. The molecule has 1 unspecified atom stereocenters. The third-order valence-corrected chi connectivity index (χ3v) is 4.58. The quantitative estimate of drug-likeness (QED) is 0.914. The van der Waals surface area contributed by atoms with Crippen LogP contribution in [0.25, 0.3) is 0 Å². The normalized spacial score (nSPS) is 13.4. The molecule has 5 heteroatoms. The minimum atomic E-state index is -3.49. The third-order valence-electron chi connectivity index (χ3n) is 2.83. The van der Waals surface area contributed by atoms with Gasteiger partial charge in [-0.05, 0) is 37.6 Å². The van der Waals surface area contributed by atoms with E-state index in [1.807, 2.05) is 19.1 Å². The maximum Gasteiger partial charge on any atom is 0.241 e. The average Bonchev–Trinajstić information content (AvgIpc) is 2.81. The molecule has 1 atom stereocenters. The maximum atomic E-state index is 12.3. The molecular weight excluding hydrogens is 262 g/mol. The number of nitrogens with one attached hydrogen (secondary N) is 1. The second kappa shape index (κ2) is 5.59. The first-order valence-corrected chi connectivity index (χ1v) is 7.58. The average molecular weight is 279 g/mol. The minimum absolute atomic E-state index is 0.226.